The molecule has 0 fully saturated rings. The molecule has 0 atom stereocenters. The Morgan fingerprint density at radius 1 is 1.28 bits per heavy atom. The van der Waals surface area contributed by atoms with Crippen molar-refractivity contribution in [2.24, 2.45) is 4.99 Å². The van der Waals surface area contributed by atoms with Crippen LogP contribution in [0.4, 0.5) is 13.2 Å². The smallest absolute Gasteiger partial charge is 0.422 e. The summed E-state index contributed by atoms with van der Waals surface area (Å²) in [7, 11) is 0. The molecule has 0 aliphatic rings. The maximum absolute atomic E-state index is 12.1. The van der Waals surface area contributed by atoms with Crippen molar-refractivity contribution in [2.75, 3.05) is 13.2 Å². The molecular formula is C16H19F3N4O2. The minimum Gasteiger partial charge on any atom is -0.468 e. The summed E-state index contributed by atoms with van der Waals surface area (Å²) >= 11 is 0. The number of nitrogens with zero attached hydrogens (tertiary/aromatic N) is 2. The van der Waals surface area contributed by atoms with Crippen LogP contribution in [0.25, 0.3) is 0 Å². The zero-order valence-corrected chi connectivity index (χ0v) is 13.6. The van der Waals surface area contributed by atoms with E-state index in [1.54, 1.807) is 18.4 Å². The van der Waals surface area contributed by atoms with Gasteiger partial charge in [0.25, 0.3) is 0 Å². The number of rotatable bonds is 7. The number of nitrogens with one attached hydrogen (secondary N) is 2. The summed E-state index contributed by atoms with van der Waals surface area (Å²) in [6, 6.07) is 6.66. The first-order valence-electron chi connectivity index (χ1n) is 7.65. The number of halogens is 3. The van der Waals surface area contributed by atoms with Gasteiger partial charge in [0.1, 0.15) is 5.76 Å². The summed E-state index contributed by atoms with van der Waals surface area (Å²) in [5.41, 5.74) is 0.745. The van der Waals surface area contributed by atoms with Gasteiger partial charge in [-0.2, -0.15) is 13.2 Å². The average Bonchev–Trinajstić information content (AvgIpc) is 3.09. The van der Waals surface area contributed by atoms with Gasteiger partial charge in [-0.25, -0.2) is 9.98 Å². The van der Waals surface area contributed by atoms with Crippen molar-refractivity contribution in [3.05, 3.63) is 48.0 Å². The molecule has 0 aliphatic heterocycles. The fourth-order valence-electron chi connectivity index (χ4n) is 1.84. The topological polar surface area (TPSA) is 71.7 Å². The van der Waals surface area contributed by atoms with E-state index in [4.69, 9.17) is 4.42 Å². The highest BCUT2D eigenvalue weighted by Gasteiger charge is 2.28. The zero-order chi connectivity index (χ0) is 18.1. The number of hydrogen-bond donors (Lipinski definition) is 2. The lowest BCUT2D eigenvalue weighted by Crippen LogP contribution is -2.36. The summed E-state index contributed by atoms with van der Waals surface area (Å²) in [6.07, 6.45) is -1.36. The van der Waals surface area contributed by atoms with E-state index in [1.165, 1.54) is 12.3 Å². The third-order valence-corrected chi connectivity index (χ3v) is 2.96. The molecular weight excluding hydrogens is 337 g/mol. The normalized spacial score (nSPS) is 12.1. The van der Waals surface area contributed by atoms with E-state index in [0.29, 0.717) is 25.6 Å². The van der Waals surface area contributed by atoms with E-state index in [0.717, 1.165) is 11.3 Å². The second-order valence-corrected chi connectivity index (χ2v) is 5.04. The van der Waals surface area contributed by atoms with Crippen molar-refractivity contribution in [1.29, 1.82) is 0 Å². The third-order valence-electron chi connectivity index (χ3n) is 2.96. The monoisotopic (exact) mass is 356 g/mol. The van der Waals surface area contributed by atoms with Gasteiger partial charge in [-0.05, 0) is 24.6 Å². The van der Waals surface area contributed by atoms with Gasteiger partial charge in [0.05, 0.1) is 19.4 Å². The summed E-state index contributed by atoms with van der Waals surface area (Å²) in [5.74, 6) is 1.29. The molecule has 0 saturated heterocycles. The molecule has 2 N–H and O–H groups in total. The minimum atomic E-state index is -4.38. The summed E-state index contributed by atoms with van der Waals surface area (Å²) in [4.78, 5) is 8.24. The minimum absolute atomic E-state index is 0.0760. The van der Waals surface area contributed by atoms with Gasteiger partial charge in [-0.3, -0.25) is 0 Å². The van der Waals surface area contributed by atoms with Gasteiger partial charge in [-0.15, -0.1) is 0 Å². The van der Waals surface area contributed by atoms with Gasteiger partial charge in [0, 0.05) is 18.8 Å². The fourth-order valence-corrected chi connectivity index (χ4v) is 1.84. The molecule has 2 rings (SSSR count). The molecule has 2 heterocycles. The first kappa shape index (κ1) is 18.6. The molecule has 6 nitrogen and oxygen atoms in total. The van der Waals surface area contributed by atoms with E-state index in [9.17, 15) is 13.2 Å². The van der Waals surface area contributed by atoms with Crippen LogP contribution in [-0.2, 0) is 13.1 Å². The average molecular weight is 356 g/mol. The standard InChI is InChI=1S/C16H19F3N4O2/c1-2-20-15(23-10-13-4-3-7-24-13)22-9-12-5-6-14(21-8-12)25-11-16(17,18)19/h3-8H,2,9-11H2,1H3,(H2,20,22,23). The number of aliphatic imine (C=N–C) groups is 1. The molecule has 0 aliphatic carbocycles. The highest BCUT2D eigenvalue weighted by molar-refractivity contribution is 5.79. The maximum atomic E-state index is 12.1. The van der Waals surface area contributed by atoms with E-state index < -0.39 is 12.8 Å². The Morgan fingerprint density at radius 3 is 2.72 bits per heavy atom. The van der Waals surface area contributed by atoms with Gasteiger partial charge < -0.3 is 19.8 Å². The number of alkyl halides is 3. The van der Waals surface area contributed by atoms with Crippen molar-refractivity contribution < 1.29 is 22.3 Å². The first-order chi connectivity index (χ1) is 12.0. The maximum Gasteiger partial charge on any atom is 0.422 e. The molecule has 9 heteroatoms. The lowest BCUT2D eigenvalue weighted by atomic mass is 10.3. The van der Waals surface area contributed by atoms with Crippen LogP contribution in [0.3, 0.4) is 0 Å². The molecule has 2 aromatic heterocycles. The molecule has 0 aromatic carbocycles. The molecule has 25 heavy (non-hydrogen) atoms. The molecule has 0 saturated carbocycles. The number of aromatic nitrogens is 1. The molecule has 136 valence electrons. The predicted molar refractivity (Wildman–Crippen MR) is 86.2 cm³/mol. The van der Waals surface area contributed by atoms with E-state index in [2.05, 4.69) is 25.3 Å². The Hall–Kier alpha value is -2.71. The van der Waals surface area contributed by atoms with Crippen LogP contribution in [-0.4, -0.2) is 30.3 Å². The van der Waals surface area contributed by atoms with E-state index in [-0.39, 0.29) is 5.88 Å². The number of pyridine rings is 1. The predicted octanol–water partition coefficient (Wildman–Crippen LogP) is 2.87. The van der Waals surface area contributed by atoms with Crippen molar-refractivity contribution in [2.45, 2.75) is 26.2 Å². The van der Waals surface area contributed by atoms with Crippen LogP contribution in [0.1, 0.15) is 18.2 Å². The van der Waals surface area contributed by atoms with Crippen LogP contribution < -0.4 is 15.4 Å². The van der Waals surface area contributed by atoms with E-state index in [1.807, 2.05) is 13.0 Å². The number of ether oxygens (including phenoxy) is 1. The summed E-state index contributed by atoms with van der Waals surface area (Å²) < 4.78 is 46.1. The molecule has 0 unspecified atom stereocenters. The van der Waals surface area contributed by atoms with Crippen LogP contribution in [0.15, 0.2) is 46.1 Å². The van der Waals surface area contributed by atoms with Crippen molar-refractivity contribution in [3.8, 4) is 5.88 Å². The number of guanidine groups is 1. The Labute approximate surface area is 143 Å². The number of hydrogen-bond acceptors (Lipinski definition) is 4. The van der Waals surface area contributed by atoms with Gasteiger partial charge in [0.15, 0.2) is 12.6 Å². The van der Waals surface area contributed by atoms with Crippen LogP contribution in [0.5, 0.6) is 5.88 Å². The summed E-state index contributed by atoms with van der Waals surface area (Å²) in [5, 5.41) is 6.21. The lowest BCUT2D eigenvalue weighted by molar-refractivity contribution is -0.154. The Bertz CT molecular complexity index is 655. The molecule has 2 aromatic rings. The highest BCUT2D eigenvalue weighted by Crippen LogP contribution is 2.17. The Morgan fingerprint density at radius 2 is 2.12 bits per heavy atom. The largest absolute Gasteiger partial charge is 0.468 e. The molecule has 0 amide bonds. The second kappa shape index (κ2) is 8.95. The Balaban J connectivity index is 1.88. The van der Waals surface area contributed by atoms with Crippen molar-refractivity contribution in [3.63, 3.8) is 0 Å². The van der Waals surface area contributed by atoms with Crippen LogP contribution >= 0.6 is 0 Å². The zero-order valence-electron chi connectivity index (χ0n) is 13.6. The van der Waals surface area contributed by atoms with Gasteiger partial charge in [-0.1, -0.05) is 6.07 Å². The quantitative estimate of drug-likeness (QED) is 0.590. The fraction of sp³-hybridized carbons (Fsp3) is 0.375. The third kappa shape index (κ3) is 7.15. The molecule has 0 radical (unpaired) electrons. The van der Waals surface area contributed by atoms with Crippen molar-refractivity contribution >= 4 is 5.96 Å². The first-order valence-corrected chi connectivity index (χ1v) is 7.65. The Kier molecular flexibility index (Phi) is 6.67. The second-order valence-electron chi connectivity index (χ2n) is 5.04. The van der Waals surface area contributed by atoms with Crippen LogP contribution in [0, 0.1) is 0 Å². The highest BCUT2D eigenvalue weighted by atomic mass is 19.4. The number of furan rings is 1. The van der Waals surface area contributed by atoms with Crippen LogP contribution in [0.2, 0.25) is 0 Å². The van der Waals surface area contributed by atoms with Gasteiger partial charge in [0.2, 0.25) is 5.88 Å². The van der Waals surface area contributed by atoms with E-state index >= 15 is 0 Å². The molecule has 0 spiro atoms. The van der Waals surface area contributed by atoms with Crippen molar-refractivity contribution in [1.82, 2.24) is 15.6 Å². The molecule has 0 bridgehead atoms. The summed E-state index contributed by atoms with van der Waals surface area (Å²) in [6.45, 7) is 2.07. The lowest BCUT2D eigenvalue weighted by Gasteiger charge is -2.10. The SMILES string of the molecule is CCNC(=NCc1ccc(OCC(F)(F)F)nc1)NCc1ccco1. The van der Waals surface area contributed by atoms with Gasteiger partial charge >= 0.3 is 6.18 Å².